The molecule has 5 heteroatoms. The number of nitrogens with zero attached hydrogens (tertiary/aromatic N) is 1. The zero-order valence-electron chi connectivity index (χ0n) is 16.0. The fourth-order valence-electron chi connectivity index (χ4n) is 2.63. The van der Waals surface area contributed by atoms with Crippen molar-refractivity contribution in [3.05, 3.63) is 83.8 Å². The van der Waals surface area contributed by atoms with E-state index in [2.05, 4.69) is 4.98 Å². The topological polar surface area (TPSA) is 64.7 Å². The lowest BCUT2D eigenvalue weighted by Gasteiger charge is -2.10. The smallest absolute Gasteiger partial charge is 0.226 e. The summed E-state index contributed by atoms with van der Waals surface area (Å²) in [4.78, 5) is 4.55. The molecule has 28 heavy (non-hydrogen) atoms. The van der Waals surface area contributed by atoms with Crippen LogP contribution in [0.2, 0.25) is 0 Å². The molecule has 3 aromatic rings. The Hall–Kier alpha value is -3.31. The second kappa shape index (κ2) is 9.58. The van der Waals surface area contributed by atoms with Gasteiger partial charge in [0.2, 0.25) is 5.89 Å². The first-order chi connectivity index (χ1) is 13.7. The predicted molar refractivity (Wildman–Crippen MR) is 109 cm³/mol. The number of aromatic nitrogens is 1. The lowest BCUT2D eigenvalue weighted by atomic mass is 10.2. The number of oxazole rings is 1. The summed E-state index contributed by atoms with van der Waals surface area (Å²) in [5.41, 5.74) is 2.65. The van der Waals surface area contributed by atoms with Crippen molar-refractivity contribution in [3.8, 4) is 23.0 Å². The molecular formula is C23H23NO4. The third-order valence-corrected chi connectivity index (χ3v) is 4.11. The summed E-state index contributed by atoms with van der Waals surface area (Å²) >= 11 is 0. The van der Waals surface area contributed by atoms with Gasteiger partial charge >= 0.3 is 0 Å². The molecule has 0 atom stereocenters. The van der Waals surface area contributed by atoms with E-state index in [1.807, 2.05) is 67.6 Å². The number of aliphatic hydroxyl groups is 1. The standard InChI is InChI=1S/C23H23NO4/c1-17-20(24-23(28-17)19-10-6-3-7-11-19)16-27-21-13-12-18(15-22(21)26-2)9-5-4-8-14-25/h3-13,15,25H,14,16H2,1-2H3/b8-4+,9-5+. The minimum atomic E-state index is 0.0217. The van der Waals surface area contributed by atoms with Gasteiger partial charge in [-0.05, 0) is 36.8 Å². The maximum absolute atomic E-state index is 8.75. The molecule has 2 aromatic carbocycles. The van der Waals surface area contributed by atoms with Crippen LogP contribution in [0.1, 0.15) is 17.0 Å². The van der Waals surface area contributed by atoms with Crippen molar-refractivity contribution >= 4 is 6.08 Å². The molecule has 0 radical (unpaired) electrons. The quantitative estimate of drug-likeness (QED) is 0.571. The van der Waals surface area contributed by atoms with E-state index in [9.17, 15) is 0 Å². The van der Waals surface area contributed by atoms with E-state index in [-0.39, 0.29) is 13.2 Å². The van der Waals surface area contributed by atoms with Crippen LogP contribution in [-0.2, 0) is 6.61 Å². The summed E-state index contributed by atoms with van der Waals surface area (Å²) in [6.45, 7) is 2.18. The van der Waals surface area contributed by atoms with Gasteiger partial charge in [-0.15, -0.1) is 0 Å². The molecule has 0 aliphatic heterocycles. The van der Waals surface area contributed by atoms with Gasteiger partial charge in [-0.25, -0.2) is 4.98 Å². The number of aryl methyl sites for hydroxylation is 1. The Morgan fingerprint density at radius 3 is 2.64 bits per heavy atom. The molecule has 0 bridgehead atoms. The minimum absolute atomic E-state index is 0.0217. The van der Waals surface area contributed by atoms with Gasteiger partial charge in [0.25, 0.3) is 0 Å². The van der Waals surface area contributed by atoms with E-state index in [1.54, 1.807) is 19.3 Å². The van der Waals surface area contributed by atoms with Gasteiger partial charge in [-0.1, -0.05) is 48.6 Å². The molecule has 1 N–H and O–H groups in total. The molecule has 0 aliphatic carbocycles. The Bertz CT molecular complexity index is 958. The van der Waals surface area contributed by atoms with Crippen LogP contribution < -0.4 is 9.47 Å². The van der Waals surface area contributed by atoms with Gasteiger partial charge in [0.1, 0.15) is 18.1 Å². The van der Waals surface area contributed by atoms with Crippen molar-refractivity contribution in [3.63, 3.8) is 0 Å². The van der Waals surface area contributed by atoms with E-state index >= 15 is 0 Å². The molecule has 0 saturated carbocycles. The molecule has 0 amide bonds. The highest BCUT2D eigenvalue weighted by atomic mass is 16.5. The first-order valence-electron chi connectivity index (χ1n) is 8.98. The van der Waals surface area contributed by atoms with Gasteiger partial charge in [0.05, 0.1) is 13.7 Å². The van der Waals surface area contributed by atoms with Crippen molar-refractivity contribution in [2.75, 3.05) is 13.7 Å². The van der Waals surface area contributed by atoms with Gasteiger partial charge in [-0.2, -0.15) is 0 Å². The summed E-state index contributed by atoms with van der Waals surface area (Å²) in [7, 11) is 1.61. The maximum atomic E-state index is 8.75. The van der Waals surface area contributed by atoms with Crippen molar-refractivity contribution < 1.29 is 19.0 Å². The first kappa shape index (κ1) is 19.5. The third kappa shape index (κ3) is 4.90. The molecule has 0 spiro atoms. The van der Waals surface area contributed by atoms with Gasteiger partial charge < -0.3 is 19.0 Å². The highest BCUT2D eigenvalue weighted by Gasteiger charge is 2.13. The third-order valence-electron chi connectivity index (χ3n) is 4.11. The van der Waals surface area contributed by atoms with E-state index in [0.29, 0.717) is 17.4 Å². The van der Waals surface area contributed by atoms with Crippen LogP contribution in [0.4, 0.5) is 0 Å². The van der Waals surface area contributed by atoms with Gasteiger partial charge in [-0.3, -0.25) is 0 Å². The van der Waals surface area contributed by atoms with Crippen LogP contribution in [-0.4, -0.2) is 23.8 Å². The first-order valence-corrected chi connectivity index (χ1v) is 8.98. The Labute approximate surface area is 164 Å². The molecule has 0 aliphatic rings. The van der Waals surface area contributed by atoms with E-state index < -0.39 is 0 Å². The average molecular weight is 377 g/mol. The Morgan fingerprint density at radius 2 is 1.89 bits per heavy atom. The monoisotopic (exact) mass is 377 g/mol. The fraction of sp³-hybridized carbons (Fsp3) is 0.174. The summed E-state index contributed by atoms with van der Waals surface area (Å²) in [5.74, 6) is 2.58. The number of hydrogen-bond donors (Lipinski definition) is 1. The lowest BCUT2D eigenvalue weighted by Crippen LogP contribution is -1.99. The predicted octanol–water partition coefficient (Wildman–Crippen LogP) is 4.80. The van der Waals surface area contributed by atoms with E-state index in [4.69, 9.17) is 19.0 Å². The summed E-state index contributed by atoms with van der Waals surface area (Å²) < 4.78 is 17.1. The highest BCUT2D eigenvalue weighted by Crippen LogP contribution is 2.30. The normalized spacial score (nSPS) is 11.4. The number of benzene rings is 2. The van der Waals surface area contributed by atoms with Gasteiger partial charge in [0.15, 0.2) is 11.5 Å². The van der Waals surface area contributed by atoms with E-state index in [1.165, 1.54) is 0 Å². The van der Waals surface area contributed by atoms with Crippen LogP contribution >= 0.6 is 0 Å². The van der Waals surface area contributed by atoms with Crippen molar-refractivity contribution in [2.45, 2.75) is 13.5 Å². The van der Waals surface area contributed by atoms with Crippen molar-refractivity contribution in [2.24, 2.45) is 0 Å². The second-order valence-electron chi connectivity index (χ2n) is 6.06. The van der Waals surface area contributed by atoms with Crippen LogP contribution in [0.15, 0.2) is 71.2 Å². The number of hydrogen-bond acceptors (Lipinski definition) is 5. The number of rotatable bonds is 8. The molecule has 5 nitrogen and oxygen atoms in total. The van der Waals surface area contributed by atoms with Crippen LogP contribution in [0.5, 0.6) is 11.5 Å². The van der Waals surface area contributed by atoms with E-state index in [0.717, 1.165) is 22.6 Å². The zero-order valence-corrected chi connectivity index (χ0v) is 16.0. The van der Waals surface area contributed by atoms with Crippen LogP contribution in [0, 0.1) is 6.92 Å². The van der Waals surface area contributed by atoms with Gasteiger partial charge in [0, 0.05) is 5.56 Å². The van der Waals surface area contributed by atoms with Crippen LogP contribution in [0.3, 0.4) is 0 Å². The van der Waals surface area contributed by atoms with Crippen molar-refractivity contribution in [1.82, 2.24) is 4.98 Å². The zero-order chi connectivity index (χ0) is 19.8. The number of ether oxygens (including phenoxy) is 2. The molecule has 1 heterocycles. The summed E-state index contributed by atoms with van der Waals surface area (Å²) in [6, 6.07) is 15.5. The Morgan fingerprint density at radius 1 is 1.07 bits per heavy atom. The molecule has 144 valence electrons. The largest absolute Gasteiger partial charge is 0.493 e. The van der Waals surface area contributed by atoms with Crippen LogP contribution in [0.25, 0.3) is 17.5 Å². The summed E-state index contributed by atoms with van der Waals surface area (Å²) in [5, 5.41) is 8.75. The lowest BCUT2D eigenvalue weighted by molar-refractivity contribution is 0.279. The molecule has 0 unspecified atom stereocenters. The summed E-state index contributed by atoms with van der Waals surface area (Å²) in [6.07, 6.45) is 7.23. The average Bonchev–Trinajstić information content (AvgIpc) is 3.11. The number of allylic oxidation sites excluding steroid dienone is 2. The molecule has 0 fully saturated rings. The SMILES string of the molecule is COc1cc(/C=C/C=C/CO)ccc1OCc1nc(-c2ccccc2)oc1C. The second-order valence-corrected chi connectivity index (χ2v) is 6.06. The molecule has 3 rings (SSSR count). The Balaban J connectivity index is 1.71. The number of aliphatic hydroxyl groups excluding tert-OH is 1. The fourth-order valence-corrected chi connectivity index (χ4v) is 2.63. The van der Waals surface area contributed by atoms with Crippen molar-refractivity contribution in [1.29, 1.82) is 0 Å². The number of methoxy groups -OCH3 is 1. The maximum Gasteiger partial charge on any atom is 0.226 e. The minimum Gasteiger partial charge on any atom is -0.493 e. The molecule has 0 saturated heterocycles. The molecule has 1 aromatic heterocycles. The molecular weight excluding hydrogens is 354 g/mol. The Kier molecular flexibility index (Phi) is 6.65. The highest BCUT2D eigenvalue weighted by molar-refractivity contribution is 5.57.